The molecule has 1 fully saturated rings. The second-order valence-corrected chi connectivity index (χ2v) is 7.66. The summed E-state index contributed by atoms with van der Waals surface area (Å²) in [6, 6.07) is 16.2. The zero-order valence-corrected chi connectivity index (χ0v) is 16.9. The minimum atomic E-state index is 0.720. The summed E-state index contributed by atoms with van der Waals surface area (Å²) in [5.74, 6) is 1.49. The van der Waals surface area contributed by atoms with Gasteiger partial charge in [0, 0.05) is 48.8 Å². The average Bonchev–Trinajstić information content (AvgIpc) is 3.44. The lowest BCUT2D eigenvalue weighted by atomic mass is 10.1. The summed E-state index contributed by atoms with van der Waals surface area (Å²) in [7, 11) is 0. The van der Waals surface area contributed by atoms with Crippen molar-refractivity contribution in [2.45, 2.75) is 0 Å². The first-order chi connectivity index (χ1) is 15.3. The highest BCUT2D eigenvalue weighted by molar-refractivity contribution is 5.94. The number of piperazine rings is 1. The van der Waals surface area contributed by atoms with Crippen LogP contribution in [0.4, 0.5) is 17.3 Å². The number of benzene rings is 1. The molecule has 154 valence electrons. The number of nitrogens with one attached hydrogen (secondary N) is 3. The van der Waals surface area contributed by atoms with Crippen LogP contribution in [-0.2, 0) is 0 Å². The third kappa shape index (κ3) is 3.36. The summed E-state index contributed by atoms with van der Waals surface area (Å²) < 4.78 is 1.80. The van der Waals surface area contributed by atoms with Crippen LogP contribution < -0.4 is 15.5 Å². The fourth-order valence-electron chi connectivity index (χ4n) is 4.06. The maximum Gasteiger partial charge on any atom is 0.154 e. The van der Waals surface area contributed by atoms with Gasteiger partial charge in [0.15, 0.2) is 11.5 Å². The third-order valence-electron chi connectivity index (χ3n) is 5.67. The van der Waals surface area contributed by atoms with Crippen molar-refractivity contribution >= 4 is 33.9 Å². The van der Waals surface area contributed by atoms with Gasteiger partial charge in [-0.3, -0.25) is 0 Å². The molecular formula is C23H22N8. The van der Waals surface area contributed by atoms with E-state index in [9.17, 15) is 0 Å². The average molecular weight is 410 g/mol. The number of nitrogens with zero attached hydrogens (tertiary/aromatic N) is 5. The minimum Gasteiger partial charge on any atom is -0.368 e. The van der Waals surface area contributed by atoms with Crippen LogP contribution in [-0.4, -0.2) is 50.7 Å². The number of fused-ring (bicyclic) bond motifs is 2. The lowest BCUT2D eigenvalue weighted by Gasteiger charge is -2.29. The minimum absolute atomic E-state index is 0.720. The van der Waals surface area contributed by atoms with E-state index in [2.05, 4.69) is 48.8 Å². The van der Waals surface area contributed by atoms with Gasteiger partial charge in [0.05, 0.1) is 23.8 Å². The number of H-pyrrole nitrogens is 1. The van der Waals surface area contributed by atoms with Gasteiger partial charge in [0.2, 0.25) is 0 Å². The number of anilines is 3. The van der Waals surface area contributed by atoms with Crippen molar-refractivity contribution in [3.63, 3.8) is 0 Å². The van der Waals surface area contributed by atoms with Crippen LogP contribution in [0.3, 0.4) is 0 Å². The molecule has 0 aliphatic carbocycles. The van der Waals surface area contributed by atoms with E-state index in [0.29, 0.717) is 0 Å². The fraction of sp³-hybridized carbons (Fsp3) is 0.174. The molecule has 6 rings (SSSR count). The molecule has 4 aromatic heterocycles. The summed E-state index contributed by atoms with van der Waals surface area (Å²) in [5.41, 5.74) is 5.00. The highest BCUT2D eigenvalue weighted by Crippen LogP contribution is 2.28. The molecule has 0 amide bonds. The number of rotatable bonds is 4. The molecule has 0 unspecified atom stereocenters. The standard InChI is InChI=1S/C23H22N8/c1-2-4-19-17(3-1)18(14-25-19)20-15-31-23(27-20)8-7-22(29-31)28-21-6-5-16(13-26-21)30-11-9-24-10-12-30/h1-8,13-15,24-25H,9-12H2,(H,26,28,29). The molecular weight excluding hydrogens is 388 g/mol. The number of hydrogen-bond donors (Lipinski definition) is 3. The van der Waals surface area contributed by atoms with Crippen molar-refractivity contribution in [2.24, 2.45) is 0 Å². The van der Waals surface area contributed by atoms with Crippen LogP contribution >= 0.6 is 0 Å². The van der Waals surface area contributed by atoms with Crippen molar-refractivity contribution < 1.29 is 0 Å². The first kappa shape index (κ1) is 17.9. The first-order valence-corrected chi connectivity index (χ1v) is 10.5. The van der Waals surface area contributed by atoms with E-state index in [-0.39, 0.29) is 0 Å². The molecule has 1 aliphatic heterocycles. The molecule has 1 aliphatic rings. The Morgan fingerprint density at radius 1 is 0.935 bits per heavy atom. The van der Waals surface area contributed by atoms with Crippen molar-refractivity contribution in [3.8, 4) is 11.3 Å². The Balaban J connectivity index is 1.25. The summed E-state index contributed by atoms with van der Waals surface area (Å²) in [6.07, 6.45) is 5.87. The smallest absolute Gasteiger partial charge is 0.154 e. The second kappa shape index (κ2) is 7.41. The molecule has 0 atom stereocenters. The number of aromatic amines is 1. The van der Waals surface area contributed by atoms with Gasteiger partial charge < -0.3 is 20.5 Å². The van der Waals surface area contributed by atoms with Gasteiger partial charge in [0.1, 0.15) is 5.82 Å². The van der Waals surface area contributed by atoms with Crippen LogP contribution in [0.2, 0.25) is 0 Å². The maximum absolute atomic E-state index is 4.74. The predicted octanol–water partition coefficient (Wildman–Crippen LogP) is 3.43. The van der Waals surface area contributed by atoms with Crippen molar-refractivity contribution in [2.75, 3.05) is 36.4 Å². The van der Waals surface area contributed by atoms with Crippen molar-refractivity contribution in [1.29, 1.82) is 0 Å². The number of para-hydroxylation sites is 1. The number of imidazole rings is 1. The van der Waals surface area contributed by atoms with Gasteiger partial charge >= 0.3 is 0 Å². The molecule has 8 heteroatoms. The highest BCUT2D eigenvalue weighted by Gasteiger charge is 2.12. The molecule has 5 heterocycles. The lowest BCUT2D eigenvalue weighted by molar-refractivity contribution is 0.589. The number of hydrogen-bond acceptors (Lipinski definition) is 6. The van der Waals surface area contributed by atoms with E-state index in [1.807, 2.05) is 48.9 Å². The Hall–Kier alpha value is -3.91. The van der Waals surface area contributed by atoms with E-state index >= 15 is 0 Å². The van der Waals surface area contributed by atoms with Crippen molar-refractivity contribution in [1.82, 2.24) is 29.9 Å². The van der Waals surface area contributed by atoms with E-state index in [4.69, 9.17) is 4.98 Å². The Morgan fingerprint density at radius 3 is 2.68 bits per heavy atom. The molecule has 3 N–H and O–H groups in total. The van der Waals surface area contributed by atoms with Crippen LogP contribution in [0.25, 0.3) is 27.8 Å². The highest BCUT2D eigenvalue weighted by atomic mass is 15.3. The first-order valence-electron chi connectivity index (χ1n) is 10.5. The Labute approximate surface area is 178 Å². The van der Waals surface area contributed by atoms with Crippen LogP contribution in [0.5, 0.6) is 0 Å². The van der Waals surface area contributed by atoms with E-state index in [1.54, 1.807) is 4.52 Å². The normalized spacial score (nSPS) is 14.4. The van der Waals surface area contributed by atoms with Crippen molar-refractivity contribution in [3.05, 3.63) is 67.1 Å². The van der Waals surface area contributed by atoms with E-state index in [1.165, 1.54) is 0 Å². The molecule has 0 spiro atoms. The molecule has 31 heavy (non-hydrogen) atoms. The van der Waals surface area contributed by atoms with Gasteiger partial charge in [0.25, 0.3) is 0 Å². The van der Waals surface area contributed by atoms with Gasteiger partial charge in [-0.15, -0.1) is 5.10 Å². The third-order valence-corrected chi connectivity index (χ3v) is 5.67. The fourth-order valence-corrected chi connectivity index (χ4v) is 4.06. The maximum atomic E-state index is 4.74. The summed E-state index contributed by atoms with van der Waals surface area (Å²) >= 11 is 0. The number of aromatic nitrogens is 5. The molecule has 0 bridgehead atoms. The molecule has 0 saturated carbocycles. The van der Waals surface area contributed by atoms with Crippen LogP contribution in [0.15, 0.2) is 67.1 Å². The zero-order chi connectivity index (χ0) is 20.6. The topological polar surface area (TPSA) is 86.2 Å². The lowest BCUT2D eigenvalue weighted by Crippen LogP contribution is -2.43. The Bertz CT molecular complexity index is 1350. The summed E-state index contributed by atoms with van der Waals surface area (Å²) in [6.45, 7) is 4.03. The van der Waals surface area contributed by atoms with Gasteiger partial charge in [-0.2, -0.15) is 0 Å². The molecule has 1 saturated heterocycles. The molecule has 5 aromatic rings. The Kier molecular flexibility index (Phi) is 4.28. The van der Waals surface area contributed by atoms with E-state index in [0.717, 1.165) is 71.3 Å². The Morgan fingerprint density at radius 2 is 1.81 bits per heavy atom. The van der Waals surface area contributed by atoms with Crippen LogP contribution in [0, 0.1) is 0 Å². The number of pyridine rings is 1. The summed E-state index contributed by atoms with van der Waals surface area (Å²) in [4.78, 5) is 15.0. The molecule has 1 aromatic carbocycles. The molecule has 8 nitrogen and oxygen atoms in total. The monoisotopic (exact) mass is 410 g/mol. The predicted molar refractivity (Wildman–Crippen MR) is 123 cm³/mol. The van der Waals surface area contributed by atoms with Gasteiger partial charge in [-0.05, 0) is 30.3 Å². The SMILES string of the molecule is c1ccc2c(-c3cn4nc(Nc5ccc(N6CCNCC6)cn5)ccc4n3)c[nH]c2c1. The van der Waals surface area contributed by atoms with E-state index < -0.39 is 0 Å². The zero-order valence-electron chi connectivity index (χ0n) is 16.9. The van der Waals surface area contributed by atoms with Gasteiger partial charge in [-0.25, -0.2) is 14.5 Å². The molecule has 0 radical (unpaired) electrons. The van der Waals surface area contributed by atoms with Gasteiger partial charge in [-0.1, -0.05) is 18.2 Å². The second-order valence-electron chi connectivity index (χ2n) is 7.66. The quantitative estimate of drug-likeness (QED) is 0.421. The van der Waals surface area contributed by atoms with Crippen LogP contribution in [0.1, 0.15) is 0 Å². The summed E-state index contributed by atoms with van der Waals surface area (Å²) in [5, 5.41) is 12.5. The largest absolute Gasteiger partial charge is 0.368 e.